The van der Waals surface area contributed by atoms with Crippen molar-refractivity contribution in [3.8, 4) is 23.0 Å². The van der Waals surface area contributed by atoms with E-state index in [-0.39, 0.29) is 12.5 Å². The van der Waals surface area contributed by atoms with Gasteiger partial charge in [0.05, 0.1) is 26.5 Å². The molecule has 3 aromatic carbocycles. The number of benzene rings is 3. The Kier molecular flexibility index (Phi) is 7.38. The van der Waals surface area contributed by atoms with E-state index in [2.05, 4.69) is 5.32 Å². The van der Waals surface area contributed by atoms with Crippen LogP contribution in [0.25, 0.3) is 0 Å². The zero-order valence-electron chi connectivity index (χ0n) is 18.2. The van der Waals surface area contributed by atoms with Gasteiger partial charge in [-0.2, -0.15) is 0 Å². The fourth-order valence-electron chi connectivity index (χ4n) is 3.10. The predicted octanol–water partition coefficient (Wildman–Crippen LogP) is 5.24. The van der Waals surface area contributed by atoms with Crippen molar-refractivity contribution in [1.82, 2.24) is 0 Å². The molecular weight excluding hydrogens is 394 g/mol. The molecule has 0 aliphatic rings. The van der Waals surface area contributed by atoms with Crippen molar-refractivity contribution in [1.29, 1.82) is 0 Å². The van der Waals surface area contributed by atoms with Crippen molar-refractivity contribution in [3.05, 3.63) is 77.4 Å². The third-order valence-corrected chi connectivity index (χ3v) is 4.76. The molecule has 0 bridgehead atoms. The zero-order valence-corrected chi connectivity index (χ0v) is 18.2. The van der Waals surface area contributed by atoms with Gasteiger partial charge in [0.15, 0.2) is 0 Å². The van der Waals surface area contributed by atoms with Gasteiger partial charge in [-0.05, 0) is 55.8 Å². The number of amides is 1. The van der Waals surface area contributed by atoms with Gasteiger partial charge < -0.3 is 24.3 Å². The zero-order chi connectivity index (χ0) is 22.2. The normalized spacial score (nSPS) is 10.3. The number of anilines is 1. The van der Waals surface area contributed by atoms with Crippen LogP contribution in [0.1, 0.15) is 28.4 Å². The number of para-hydroxylation sites is 1. The minimum absolute atomic E-state index is 0.261. The third-order valence-electron chi connectivity index (χ3n) is 4.76. The Morgan fingerprint density at radius 2 is 1.68 bits per heavy atom. The van der Waals surface area contributed by atoms with Crippen molar-refractivity contribution in [2.24, 2.45) is 0 Å². The summed E-state index contributed by atoms with van der Waals surface area (Å²) in [6.07, 6.45) is 0. The molecule has 0 aliphatic heterocycles. The third kappa shape index (κ3) is 5.48. The summed E-state index contributed by atoms with van der Waals surface area (Å²) in [6.45, 7) is 4.71. The quantitative estimate of drug-likeness (QED) is 0.512. The molecule has 0 saturated heterocycles. The fraction of sp³-hybridized carbons (Fsp3) is 0.240. The summed E-state index contributed by atoms with van der Waals surface area (Å²) < 4.78 is 22.3. The molecule has 1 amide bonds. The molecule has 6 heteroatoms. The van der Waals surface area contributed by atoms with Crippen LogP contribution in [0.3, 0.4) is 0 Å². The molecule has 0 fully saturated rings. The Labute approximate surface area is 182 Å². The second-order valence-electron chi connectivity index (χ2n) is 6.83. The molecule has 3 aromatic rings. The maximum Gasteiger partial charge on any atom is 0.255 e. The molecule has 0 unspecified atom stereocenters. The minimum atomic E-state index is -0.261. The second kappa shape index (κ2) is 10.4. The van der Waals surface area contributed by atoms with Gasteiger partial charge >= 0.3 is 0 Å². The molecule has 0 aliphatic carbocycles. The Balaban J connectivity index is 1.82. The molecule has 0 radical (unpaired) electrons. The van der Waals surface area contributed by atoms with E-state index in [0.29, 0.717) is 35.1 Å². The summed E-state index contributed by atoms with van der Waals surface area (Å²) in [5.74, 6) is 2.38. The molecule has 0 spiro atoms. The Bertz CT molecular complexity index is 1050. The lowest BCUT2D eigenvalue weighted by atomic mass is 10.1. The molecule has 0 saturated carbocycles. The monoisotopic (exact) mass is 421 g/mol. The first kappa shape index (κ1) is 22.0. The number of rotatable bonds is 9. The van der Waals surface area contributed by atoms with Crippen LogP contribution in [0, 0.1) is 6.92 Å². The maximum atomic E-state index is 12.9. The highest BCUT2D eigenvalue weighted by atomic mass is 16.5. The van der Waals surface area contributed by atoms with Gasteiger partial charge in [0.25, 0.3) is 5.91 Å². The van der Waals surface area contributed by atoms with E-state index in [1.165, 1.54) is 0 Å². The van der Waals surface area contributed by atoms with Gasteiger partial charge in [-0.25, -0.2) is 0 Å². The summed E-state index contributed by atoms with van der Waals surface area (Å²) >= 11 is 0. The average molecular weight is 421 g/mol. The number of aryl methyl sites for hydroxylation is 1. The Morgan fingerprint density at radius 3 is 2.39 bits per heavy atom. The molecule has 1 N–H and O–H groups in total. The van der Waals surface area contributed by atoms with E-state index in [0.717, 1.165) is 16.9 Å². The van der Waals surface area contributed by atoms with Crippen molar-refractivity contribution in [2.45, 2.75) is 20.5 Å². The second-order valence-corrected chi connectivity index (χ2v) is 6.83. The largest absolute Gasteiger partial charge is 0.497 e. The highest BCUT2D eigenvalue weighted by Gasteiger charge is 2.14. The van der Waals surface area contributed by atoms with Crippen molar-refractivity contribution >= 4 is 11.6 Å². The van der Waals surface area contributed by atoms with Gasteiger partial charge in [-0.1, -0.05) is 18.2 Å². The average Bonchev–Trinajstić information content (AvgIpc) is 2.79. The molecule has 31 heavy (non-hydrogen) atoms. The number of carbonyl (C=O) groups is 1. The molecular formula is C25H27NO5. The number of carbonyl (C=O) groups excluding carboxylic acids is 1. The van der Waals surface area contributed by atoms with Crippen LogP contribution in [0.15, 0.2) is 60.7 Å². The first-order chi connectivity index (χ1) is 15.0. The SMILES string of the molecule is CCOc1ccc(C(=O)Nc2ccc(OC)cc2OC)cc1COc1ccccc1C. The van der Waals surface area contributed by atoms with Crippen LogP contribution < -0.4 is 24.3 Å². The molecule has 162 valence electrons. The number of methoxy groups -OCH3 is 2. The number of nitrogens with one attached hydrogen (secondary N) is 1. The lowest BCUT2D eigenvalue weighted by Gasteiger charge is -2.15. The van der Waals surface area contributed by atoms with Gasteiger partial charge in [0.2, 0.25) is 0 Å². The lowest BCUT2D eigenvalue weighted by Crippen LogP contribution is -2.14. The first-order valence-corrected chi connectivity index (χ1v) is 10.0. The van der Waals surface area contributed by atoms with Crippen LogP contribution in [0.4, 0.5) is 5.69 Å². The molecule has 0 aromatic heterocycles. The van der Waals surface area contributed by atoms with E-state index in [1.54, 1.807) is 50.6 Å². The van der Waals surface area contributed by atoms with Crippen LogP contribution in [-0.2, 0) is 6.61 Å². The number of ether oxygens (including phenoxy) is 4. The smallest absolute Gasteiger partial charge is 0.255 e. The van der Waals surface area contributed by atoms with Crippen molar-refractivity contribution in [2.75, 3.05) is 26.1 Å². The maximum absolute atomic E-state index is 12.9. The van der Waals surface area contributed by atoms with E-state index < -0.39 is 0 Å². The van der Waals surface area contributed by atoms with E-state index >= 15 is 0 Å². The van der Waals surface area contributed by atoms with Crippen molar-refractivity contribution in [3.63, 3.8) is 0 Å². The van der Waals surface area contributed by atoms with E-state index in [4.69, 9.17) is 18.9 Å². The summed E-state index contributed by atoms with van der Waals surface area (Å²) in [6, 6.07) is 18.3. The van der Waals surface area contributed by atoms with Crippen LogP contribution in [-0.4, -0.2) is 26.7 Å². The predicted molar refractivity (Wildman–Crippen MR) is 121 cm³/mol. The first-order valence-electron chi connectivity index (χ1n) is 10.0. The Hall–Kier alpha value is -3.67. The highest BCUT2D eigenvalue weighted by molar-refractivity contribution is 6.05. The topological polar surface area (TPSA) is 66.0 Å². The van der Waals surface area contributed by atoms with E-state index in [9.17, 15) is 4.79 Å². The minimum Gasteiger partial charge on any atom is -0.497 e. The van der Waals surface area contributed by atoms with Gasteiger partial charge in [-0.15, -0.1) is 0 Å². The summed E-state index contributed by atoms with van der Waals surface area (Å²) in [5, 5.41) is 2.89. The molecule has 0 heterocycles. The summed E-state index contributed by atoms with van der Waals surface area (Å²) in [7, 11) is 3.12. The van der Waals surface area contributed by atoms with Crippen molar-refractivity contribution < 1.29 is 23.7 Å². The van der Waals surface area contributed by atoms with Gasteiger partial charge in [0.1, 0.15) is 29.6 Å². The van der Waals surface area contributed by atoms with Crippen LogP contribution in [0.5, 0.6) is 23.0 Å². The standard InChI is InChI=1S/C25H27NO5/c1-5-30-23-13-10-18(14-19(23)16-31-22-9-7-6-8-17(22)2)25(27)26-21-12-11-20(28-3)15-24(21)29-4/h6-15H,5,16H2,1-4H3,(H,26,27). The lowest BCUT2D eigenvalue weighted by molar-refractivity contribution is 0.102. The molecule has 6 nitrogen and oxygen atoms in total. The summed E-state index contributed by atoms with van der Waals surface area (Å²) in [4.78, 5) is 12.9. The van der Waals surface area contributed by atoms with Crippen LogP contribution >= 0.6 is 0 Å². The molecule has 0 atom stereocenters. The van der Waals surface area contributed by atoms with Gasteiger partial charge in [0, 0.05) is 17.2 Å². The number of hydrogen-bond acceptors (Lipinski definition) is 5. The van der Waals surface area contributed by atoms with Crippen LogP contribution in [0.2, 0.25) is 0 Å². The summed E-state index contributed by atoms with van der Waals surface area (Å²) in [5.41, 5.74) is 2.88. The fourth-order valence-corrected chi connectivity index (χ4v) is 3.10. The van der Waals surface area contributed by atoms with Gasteiger partial charge in [-0.3, -0.25) is 4.79 Å². The highest BCUT2D eigenvalue weighted by Crippen LogP contribution is 2.30. The Morgan fingerprint density at radius 1 is 0.871 bits per heavy atom. The van der Waals surface area contributed by atoms with E-state index in [1.807, 2.05) is 38.1 Å². The number of hydrogen-bond donors (Lipinski definition) is 1. The molecule has 3 rings (SSSR count).